The van der Waals surface area contributed by atoms with Crippen LogP contribution in [0.15, 0.2) is 265 Å². The summed E-state index contributed by atoms with van der Waals surface area (Å²) >= 11 is 0. The van der Waals surface area contributed by atoms with Crippen LogP contribution in [0.25, 0.3) is 99.5 Å². The van der Waals surface area contributed by atoms with Crippen LogP contribution >= 0.6 is 0 Å². The highest BCUT2D eigenvalue weighted by Gasteiger charge is 2.22. The molecule has 1 aromatic heterocycles. The van der Waals surface area contributed by atoms with Gasteiger partial charge in [0.1, 0.15) is 11.2 Å². The highest BCUT2D eigenvalue weighted by Crippen LogP contribution is 2.47. The van der Waals surface area contributed by atoms with Crippen LogP contribution < -0.4 is 4.90 Å². The summed E-state index contributed by atoms with van der Waals surface area (Å²) in [4.78, 5) is 2.42. The first-order chi connectivity index (χ1) is 32.7. The van der Waals surface area contributed by atoms with Crippen LogP contribution in [0.4, 0.5) is 17.1 Å². The molecule has 11 aromatic carbocycles. The normalized spacial score (nSPS) is 11.3. The number of nitrogens with zero attached hydrogens (tertiary/aromatic N) is 1. The average Bonchev–Trinajstić information content (AvgIpc) is 3.77. The van der Waals surface area contributed by atoms with Crippen molar-refractivity contribution in [3.63, 3.8) is 0 Å². The minimum atomic E-state index is 0.891. The van der Waals surface area contributed by atoms with Gasteiger partial charge in [-0.25, -0.2) is 0 Å². The molecule has 0 atom stereocenters. The third-order valence-electron chi connectivity index (χ3n) is 12.9. The van der Waals surface area contributed by atoms with Crippen LogP contribution in [0.1, 0.15) is 0 Å². The molecule has 12 rings (SSSR count). The number of hydrogen-bond acceptors (Lipinski definition) is 2. The van der Waals surface area contributed by atoms with E-state index in [9.17, 15) is 0 Å². The van der Waals surface area contributed by atoms with Gasteiger partial charge in [0.15, 0.2) is 0 Å². The zero-order valence-corrected chi connectivity index (χ0v) is 36.2. The molecule has 0 radical (unpaired) electrons. The number of fused-ring (bicyclic) bond motifs is 4. The van der Waals surface area contributed by atoms with Crippen molar-refractivity contribution in [2.45, 2.75) is 0 Å². The lowest BCUT2D eigenvalue weighted by molar-refractivity contribution is 0.669. The summed E-state index contributed by atoms with van der Waals surface area (Å²) in [5, 5.41) is 4.72. The van der Waals surface area contributed by atoms with E-state index in [0.29, 0.717) is 0 Å². The number of anilines is 3. The monoisotopic (exact) mass is 841 g/mol. The first kappa shape index (κ1) is 38.9. The van der Waals surface area contributed by atoms with Crippen molar-refractivity contribution in [2.24, 2.45) is 0 Å². The Labute approximate surface area is 384 Å². The SMILES string of the molecule is c1ccc(-c2ccc(-c3ccccc3-c3ccccc3N(c3ccc(-c4ccc5c(c4)oc4ccccc45)cc3)c3cccc(-c4cccc5ccccc45)c3)c(-c3ccccc3)c2)cc1. The second kappa shape index (κ2) is 16.8. The Balaban J connectivity index is 1.02. The third kappa shape index (κ3) is 7.12. The third-order valence-corrected chi connectivity index (χ3v) is 12.9. The van der Waals surface area contributed by atoms with Gasteiger partial charge < -0.3 is 9.32 Å². The van der Waals surface area contributed by atoms with E-state index in [2.05, 4.69) is 254 Å². The molecule has 0 aliphatic heterocycles. The fourth-order valence-corrected chi connectivity index (χ4v) is 9.72. The van der Waals surface area contributed by atoms with Crippen LogP contribution in [0.2, 0.25) is 0 Å². The molecule has 0 spiro atoms. The summed E-state index contributed by atoms with van der Waals surface area (Å²) < 4.78 is 6.31. The van der Waals surface area contributed by atoms with Crippen molar-refractivity contribution in [2.75, 3.05) is 4.90 Å². The topological polar surface area (TPSA) is 16.4 Å². The summed E-state index contributed by atoms with van der Waals surface area (Å²) in [6.07, 6.45) is 0. The lowest BCUT2D eigenvalue weighted by atomic mass is 9.87. The molecule has 0 fully saturated rings. The minimum Gasteiger partial charge on any atom is -0.456 e. The summed E-state index contributed by atoms with van der Waals surface area (Å²) in [5.41, 5.74) is 19.0. The van der Waals surface area contributed by atoms with Crippen molar-refractivity contribution in [1.82, 2.24) is 0 Å². The number of furan rings is 1. The molecule has 0 aliphatic rings. The Hall–Kier alpha value is -8.72. The maximum atomic E-state index is 6.31. The molecule has 0 unspecified atom stereocenters. The summed E-state index contributed by atoms with van der Waals surface area (Å²) in [6, 6.07) is 94.0. The van der Waals surface area contributed by atoms with Crippen LogP contribution in [-0.4, -0.2) is 0 Å². The maximum absolute atomic E-state index is 6.31. The van der Waals surface area contributed by atoms with Gasteiger partial charge in [0.05, 0.1) is 5.69 Å². The second-order valence-corrected chi connectivity index (χ2v) is 16.8. The molecular formula is C64H43NO. The standard InChI is InChI=1S/C64H43NO/c1-3-17-44(18-4-1)48-35-39-57(61(42-48)47-19-5-2-6-20-47)55-26-9-10-27-56(55)58-28-11-13-31-62(58)65(52-24-15-23-50(41-52)54-30-16-22-46-21-7-8-25-53(46)54)51-37-33-45(34-38-51)49-36-40-60-59-29-12-14-32-63(59)66-64(60)43-49/h1-43H. The van der Waals surface area contributed by atoms with E-state index in [1.165, 1.54) is 49.7 Å². The number of benzene rings is 11. The Morgan fingerprint density at radius 2 is 0.773 bits per heavy atom. The Bertz CT molecular complexity index is 3690. The highest BCUT2D eigenvalue weighted by molar-refractivity contribution is 6.06. The van der Waals surface area contributed by atoms with Crippen molar-refractivity contribution in [3.8, 4) is 66.8 Å². The summed E-state index contributed by atoms with van der Waals surface area (Å²) in [6.45, 7) is 0. The summed E-state index contributed by atoms with van der Waals surface area (Å²) in [5.74, 6) is 0. The number of para-hydroxylation sites is 2. The van der Waals surface area contributed by atoms with Gasteiger partial charge in [-0.3, -0.25) is 0 Å². The van der Waals surface area contributed by atoms with Gasteiger partial charge in [0.2, 0.25) is 0 Å². The molecule has 0 bridgehead atoms. The van der Waals surface area contributed by atoms with Gasteiger partial charge in [-0.15, -0.1) is 0 Å². The molecular weight excluding hydrogens is 799 g/mol. The van der Waals surface area contributed by atoms with Gasteiger partial charge in [0, 0.05) is 27.7 Å². The van der Waals surface area contributed by atoms with E-state index in [1.54, 1.807) is 0 Å². The van der Waals surface area contributed by atoms with Gasteiger partial charge in [-0.05, 0) is 127 Å². The van der Waals surface area contributed by atoms with Crippen molar-refractivity contribution >= 4 is 49.8 Å². The molecule has 2 nitrogen and oxygen atoms in total. The zero-order valence-electron chi connectivity index (χ0n) is 36.2. The maximum Gasteiger partial charge on any atom is 0.136 e. The smallest absolute Gasteiger partial charge is 0.136 e. The zero-order chi connectivity index (χ0) is 43.8. The van der Waals surface area contributed by atoms with Gasteiger partial charge in [-0.1, -0.05) is 206 Å². The van der Waals surface area contributed by atoms with Gasteiger partial charge in [0.25, 0.3) is 0 Å². The van der Waals surface area contributed by atoms with Crippen molar-refractivity contribution in [3.05, 3.63) is 261 Å². The van der Waals surface area contributed by atoms with Crippen molar-refractivity contribution in [1.29, 1.82) is 0 Å². The second-order valence-electron chi connectivity index (χ2n) is 16.8. The molecule has 0 saturated carbocycles. The molecule has 66 heavy (non-hydrogen) atoms. The number of hydrogen-bond donors (Lipinski definition) is 0. The molecule has 1 heterocycles. The van der Waals surface area contributed by atoms with E-state index in [1.807, 2.05) is 12.1 Å². The molecule has 0 saturated heterocycles. The van der Waals surface area contributed by atoms with E-state index >= 15 is 0 Å². The van der Waals surface area contributed by atoms with Crippen LogP contribution in [-0.2, 0) is 0 Å². The largest absolute Gasteiger partial charge is 0.456 e. The fraction of sp³-hybridized carbons (Fsp3) is 0. The Morgan fingerprint density at radius 1 is 0.242 bits per heavy atom. The summed E-state index contributed by atoms with van der Waals surface area (Å²) in [7, 11) is 0. The Morgan fingerprint density at radius 3 is 1.59 bits per heavy atom. The lowest BCUT2D eigenvalue weighted by Gasteiger charge is -2.29. The minimum absolute atomic E-state index is 0.891. The van der Waals surface area contributed by atoms with Gasteiger partial charge in [-0.2, -0.15) is 0 Å². The number of rotatable bonds is 9. The van der Waals surface area contributed by atoms with E-state index in [4.69, 9.17) is 4.42 Å². The molecule has 310 valence electrons. The first-order valence-electron chi connectivity index (χ1n) is 22.6. The molecule has 0 amide bonds. The predicted octanol–water partition coefficient (Wildman–Crippen LogP) is 18.2. The molecule has 0 aliphatic carbocycles. The quantitative estimate of drug-likeness (QED) is 0.144. The van der Waals surface area contributed by atoms with Gasteiger partial charge >= 0.3 is 0 Å². The van der Waals surface area contributed by atoms with E-state index < -0.39 is 0 Å². The molecule has 0 N–H and O–H groups in total. The first-order valence-corrected chi connectivity index (χ1v) is 22.6. The van der Waals surface area contributed by atoms with E-state index in [0.717, 1.165) is 66.8 Å². The molecule has 2 heteroatoms. The van der Waals surface area contributed by atoms with Crippen molar-refractivity contribution < 1.29 is 4.42 Å². The van der Waals surface area contributed by atoms with E-state index in [-0.39, 0.29) is 0 Å². The highest BCUT2D eigenvalue weighted by atomic mass is 16.3. The van der Waals surface area contributed by atoms with Crippen LogP contribution in [0.3, 0.4) is 0 Å². The lowest BCUT2D eigenvalue weighted by Crippen LogP contribution is -2.11. The Kier molecular flexibility index (Phi) is 9.89. The average molecular weight is 842 g/mol. The molecule has 12 aromatic rings. The fourth-order valence-electron chi connectivity index (χ4n) is 9.72. The van der Waals surface area contributed by atoms with Crippen LogP contribution in [0.5, 0.6) is 0 Å². The van der Waals surface area contributed by atoms with Crippen LogP contribution in [0, 0.1) is 0 Å². The predicted molar refractivity (Wildman–Crippen MR) is 279 cm³/mol.